The highest BCUT2D eigenvalue weighted by Crippen LogP contribution is 2.40. The molecule has 17 heavy (non-hydrogen) atoms. The highest BCUT2D eigenvalue weighted by molar-refractivity contribution is 5.85. The molecule has 0 N–H and O–H groups in total. The van der Waals surface area contributed by atoms with Gasteiger partial charge in [-0.05, 0) is 51.4 Å². The maximum atomic E-state index is 12.2. The van der Waals surface area contributed by atoms with Crippen LogP contribution in [0.3, 0.4) is 0 Å². The third-order valence-electron chi connectivity index (χ3n) is 3.45. The first-order valence-corrected chi connectivity index (χ1v) is 6.79. The zero-order valence-electron chi connectivity index (χ0n) is 12.2. The van der Waals surface area contributed by atoms with Gasteiger partial charge in [0.2, 0.25) is 0 Å². The van der Waals surface area contributed by atoms with Crippen molar-refractivity contribution in [3.63, 3.8) is 0 Å². The standard InChI is InChI=1S/C15H27O2/c1-10(2)12-8-7-11(3)9-13(12)14(16)17-15(4,5)6/h10-12H,7-9H2,1-6H3. The second kappa shape index (κ2) is 5.41. The molecule has 0 amide bonds. The fourth-order valence-corrected chi connectivity index (χ4v) is 2.58. The van der Waals surface area contributed by atoms with Crippen LogP contribution in [0.1, 0.15) is 60.8 Å². The third kappa shape index (κ3) is 4.33. The number of carbonyl (C=O) groups excluding carboxylic acids is 1. The number of carbonyl (C=O) groups is 1. The van der Waals surface area contributed by atoms with E-state index in [1.165, 1.54) is 6.42 Å². The van der Waals surface area contributed by atoms with E-state index >= 15 is 0 Å². The monoisotopic (exact) mass is 239 g/mol. The molecule has 2 heteroatoms. The van der Waals surface area contributed by atoms with Gasteiger partial charge >= 0.3 is 5.97 Å². The number of hydrogen-bond acceptors (Lipinski definition) is 2. The molecule has 1 aliphatic rings. The molecule has 0 aliphatic heterocycles. The molecule has 0 spiro atoms. The normalized spacial score (nSPS) is 27.2. The molecular formula is C15H27O2. The Labute approximate surface area is 106 Å². The Balaban J connectivity index is 2.72. The molecule has 1 radical (unpaired) electrons. The molecule has 2 unspecified atom stereocenters. The largest absolute Gasteiger partial charge is 0.460 e. The van der Waals surface area contributed by atoms with E-state index in [9.17, 15) is 4.79 Å². The Bertz CT molecular complexity index is 263. The van der Waals surface area contributed by atoms with Gasteiger partial charge in [0.15, 0.2) is 0 Å². The average molecular weight is 239 g/mol. The van der Waals surface area contributed by atoms with Crippen molar-refractivity contribution in [1.82, 2.24) is 0 Å². The van der Waals surface area contributed by atoms with Crippen LogP contribution in [0.2, 0.25) is 0 Å². The Morgan fingerprint density at radius 2 is 1.88 bits per heavy atom. The van der Waals surface area contributed by atoms with Crippen LogP contribution in [0, 0.1) is 23.7 Å². The second-order valence-corrected chi connectivity index (χ2v) is 6.76. The molecule has 0 bridgehead atoms. The third-order valence-corrected chi connectivity index (χ3v) is 3.45. The van der Waals surface area contributed by atoms with E-state index in [1.807, 2.05) is 20.8 Å². The smallest absolute Gasteiger partial charge is 0.314 e. The highest BCUT2D eigenvalue weighted by Gasteiger charge is 2.38. The predicted molar refractivity (Wildman–Crippen MR) is 70.4 cm³/mol. The Kier molecular flexibility index (Phi) is 4.62. The van der Waals surface area contributed by atoms with E-state index in [0.717, 1.165) is 18.8 Å². The summed E-state index contributed by atoms with van der Waals surface area (Å²) in [5.74, 6) is 2.52. The summed E-state index contributed by atoms with van der Waals surface area (Å²) >= 11 is 0. The van der Waals surface area contributed by atoms with Crippen LogP contribution in [-0.4, -0.2) is 11.6 Å². The Morgan fingerprint density at radius 1 is 1.29 bits per heavy atom. The van der Waals surface area contributed by atoms with Crippen molar-refractivity contribution in [1.29, 1.82) is 0 Å². The van der Waals surface area contributed by atoms with Gasteiger partial charge in [0.05, 0.1) is 5.92 Å². The molecule has 1 fully saturated rings. The summed E-state index contributed by atoms with van der Waals surface area (Å²) in [7, 11) is 0. The summed E-state index contributed by atoms with van der Waals surface area (Å²) in [5.41, 5.74) is -0.383. The van der Waals surface area contributed by atoms with Gasteiger partial charge in [0.25, 0.3) is 0 Å². The fraction of sp³-hybridized carbons (Fsp3) is 0.867. The van der Waals surface area contributed by atoms with E-state index in [0.29, 0.717) is 17.8 Å². The molecule has 0 saturated heterocycles. The van der Waals surface area contributed by atoms with Crippen LogP contribution in [0.25, 0.3) is 0 Å². The van der Waals surface area contributed by atoms with Gasteiger partial charge in [-0.3, -0.25) is 4.79 Å². The maximum Gasteiger partial charge on any atom is 0.314 e. The lowest BCUT2D eigenvalue weighted by atomic mass is 9.70. The first kappa shape index (κ1) is 14.5. The summed E-state index contributed by atoms with van der Waals surface area (Å²) in [5, 5.41) is 0. The molecule has 0 aromatic rings. The molecule has 0 aromatic heterocycles. The van der Waals surface area contributed by atoms with Crippen LogP contribution < -0.4 is 0 Å². The summed E-state index contributed by atoms with van der Waals surface area (Å²) in [4.78, 5) is 12.2. The second-order valence-electron chi connectivity index (χ2n) is 6.76. The molecule has 2 nitrogen and oxygen atoms in total. The SMILES string of the molecule is CC1CCC(C(C)C)[C](C(=O)OC(C)(C)C)C1. The molecule has 1 saturated carbocycles. The number of hydrogen-bond donors (Lipinski definition) is 0. The summed E-state index contributed by atoms with van der Waals surface area (Å²) < 4.78 is 5.53. The van der Waals surface area contributed by atoms with E-state index in [2.05, 4.69) is 20.8 Å². The molecule has 2 atom stereocenters. The van der Waals surface area contributed by atoms with E-state index in [-0.39, 0.29) is 11.6 Å². The van der Waals surface area contributed by atoms with Crippen molar-refractivity contribution in [3.8, 4) is 0 Å². The lowest BCUT2D eigenvalue weighted by Gasteiger charge is -2.36. The minimum Gasteiger partial charge on any atom is -0.460 e. The summed E-state index contributed by atoms with van der Waals surface area (Å²) in [6, 6.07) is 0. The Hall–Kier alpha value is -0.530. The van der Waals surface area contributed by atoms with Crippen molar-refractivity contribution in [2.24, 2.45) is 17.8 Å². The highest BCUT2D eigenvalue weighted by atomic mass is 16.6. The van der Waals surface area contributed by atoms with E-state index in [4.69, 9.17) is 4.74 Å². The van der Waals surface area contributed by atoms with Crippen molar-refractivity contribution >= 4 is 5.97 Å². The van der Waals surface area contributed by atoms with E-state index in [1.54, 1.807) is 0 Å². The number of rotatable bonds is 2. The fourth-order valence-electron chi connectivity index (χ4n) is 2.58. The number of ether oxygens (including phenoxy) is 1. The molecule has 1 rings (SSSR count). The van der Waals surface area contributed by atoms with E-state index < -0.39 is 0 Å². The van der Waals surface area contributed by atoms with Gasteiger partial charge in [0, 0.05) is 0 Å². The van der Waals surface area contributed by atoms with Crippen molar-refractivity contribution < 1.29 is 9.53 Å². The Morgan fingerprint density at radius 3 is 2.35 bits per heavy atom. The molecular weight excluding hydrogens is 212 g/mol. The van der Waals surface area contributed by atoms with Gasteiger partial charge in [-0.25, -0.2) is 0 Å². The van der Waals surface area contributed by atoms with Gasteiger partial charge in [-0.1, -0.05) is 27.2 Å². The summed E-state index contributed by atoms with van der Waals surface area (Å²) in [6.45, 7) is 12.4. The first-order valence-electron chi connectivity index (χ1n) is 6.79. The molecule has 0 heterocycles. The van der Waals surface area contributed by atoms with Crippen LogP contribution in [0.4, 0.5) is 0 Å². The zero-order valence-corrected chi connectivity index (χ0v) is 12.2. The molecule has 0 aromatic carbocycles. The van der Waals surface area contributed by atoms with Gasteiger partial charge in [-0.2, -0.15) is 0 Å². The van der Waals surface area contributed by atoms with Crippen molar-refractivity contribution in [2.45, 2.75) is 66.4 Å². The lowest BCUT2D eigenvalue weighted by Crippen LogP contribution is -2.36. The van der Waals surface area contributed by atoms with Gasteiger partial charge in [-0.15, -0.1) is 0 Å². The quantitative estimate of drug-likeness (QED) is 0.681. The minimum atomic E-state index is -0.383. The van der Waals surface area contributed by atoms with Crippen LogP contribution in [0.5, 0.6) is 0 Å². The molecule has 99 valence electrons. The topological polar surface area (TPSA) is 26.3 Å². The van der Waals surface area contributed by atoms with Crippen molar-refractivity contribution in [3.05, 3.63) is 5.92 Å². The van der Waals surface area contributed by atoms with Gasteiger partial charge < -0.3 is 4.74 Å². The van der Waals surface area contributed by atoms with Crippen LogP contribution in [-0.2, 0) is 9.53 Å². The van der Waals surface area contributed by atoms with Crippen LogP contribution in [0.15, 0.2) is 0 Å². The average Bonchev–Trinajstić information content (AvgIpc) is 2.14. The van der Waals surface area contributed by atoms with Crippen molar-refractivity contribution in [2.75, 3.05) is 0 Å². The van der Waals surface area contributed by atoms with Crippen LogP contribution >= 0.6 is 0 Å². The first-order chi connectivity index (χ1) is 7.70. The molecule has 1 aliphatic carbocycles. The number of esters is 1. The zero-order chi connectivity index (χ0) is 13.2. The summed E-state index contributed by atoms with van der Waals surface area (Å²) in [6.07, 6.45) is 3.28. The maximum absolute atomic E-state index is 12.2. The van der Waals surface area contributed by atoms with Gasteiger partial charge in [0.1, 0.15) is 5.60 Å². The predicted octanol–water partition coefficient (Wildman–Crippen LogP) is 3.99. The minimum absolute atomic E-state index is 0.0669. The lowest BCUT2D eigenvalue weighted by molar-refractivity contribution is -0.154.